The number of hydrogen-bond donors (Lipinski definition) is 0. The van der Waals surface area contributed by atoms with Gasteiger partial charge in [0.05, 0.1) is 17.9 Å². The Labute approximate surface area is 147 Å². The van der Waals surface area contributed by atoms with E-state index in [0.717, 1.165) is 16.7 Å². The van der Waals surface area contributed by atoms with Crippen molar-refractivity contribution in [1.29, 1.82) is 0 Å². The average Bonchev–Trinajstić information content (AvgIpc) is 3.01. The molecule has 5 nitrogen and oxygen atoms in total. The van der Waals surface area contributed by atoms with Crippen LogP contribution in [-0.4, -0.2) is 26.7 Å². The molecule has 5 heteroatoms. The second-order valence-electron chi connectivity index (χ2n) is 6.24. The molecular formula is C20H21N3O2. The molecule has 0 radical (unpaired) electrons. The van der Waals surface area contributed by atoms with Crippen LogP contribution in [0.15, 0.2) is 55.1 Å². The second kappa shape index (κ2) is 7.30. The van der Waals surface area contributed by atoms with E-state index in [2.05, 4.69) is 10.1 Å². The highest BCUT2D eigenvalue weighted by Crippen LogP contribution is 2.29. The van der Waals surface area contributed by atoms with Crippen LogP contribution in [0.3, 0.4) is 0 Å². The summed E-state index contributed by atoms with van der Waals surface area (Å²) in [5, 5.41) is 4.20. The van der Waals surface area contributed by atoms with E-state index in [1.165, 1.54) is 0 Å². The van der Waals surface area contributed by atoms with Gasteiger partial charge >= 0.3 is 0 Å². The second-order valence-corrected chi connectivity index (χ2v) is 6.24. The third-order valence-corrected chi connectivity index (χ3v) is 3.77. The van der Waals surface area contributed by atoms with E-state index in [0.29, 0.717) is 17.7 Å². The smallest absolute Gasteiger partial charge is 0.171 e. The molecule has 3 rings (SSSR count). The first kappa shape index (κ1) is 16.9. The Morgan fingerprint density at radius 3 is 2.68 bits per heavy atom. The van der Waals surface area contributed by atoms with Crippen LogP contribution in [0, 0.1) is 0 Å². The summed E-state index contributed by atoms with van der Waals surface area (Å²) in [5.41, 5.74) is 3.44. The first-order valence-electron chi connectivity index (χ1n) is 8.25. The highest BCUT2D eigenvalue weighted by molar-refractivity contribution is 6.00. The van der Waals surface area contributed by atoms with Gasteiger partial charge < -0.3 is 4.74 Å². The summed E-state index contributed by atoms with van der Waals surface area (Å²) in [6, 6.07) is 9.41. The van der Waals surface area contributed by atoms with Crippen LogP contribution >= 0.6 is 0 Å². The molecule has 0 aliphatic heterocycles. The van der Waals surface area contributed by atoms with Gasteiger partial charge in [0.1, 0.15) is 5.75 Å². The van der Waals surface area contributed by atoms with Crippen molar-refractivity contribution in [2.24, 2.45) is 7.05 Å². The molecule has 25 heavy (non-hydrogen) atoms. The number of ether oxygens (including phenoxy) is 1. The Kier molecular flexibility index (Phi) is 4.93. The minimum atomic E-state index is -0.0194. The van der Waals surface area contributed by atoms with Crippen molar-refractivity contribution in [2.75, 3.05) is 0 Å². The zero-order chi connectivity index (χ0) is 17.8. The van der Waals surface area contributed by atoms with Crippen LogP contribution in [0.5, 0.6) is 5.75 Å². The van der Waals surface area contributed by atoms with E-state index in [1.54, 1.807) is 23.3 Å². The van der Waals surface area contributed by atoms with E-state index < -0.39 is 0 Å². The summed E-state index contributed by atoms with van der Waals surface area (Å²) >= 11 is 0. The van der Waals surface area contributed by atoms with Gasteiger partial charge in [0.15, 0.2) is 5.78 Å². The molecule has 1 aromatic carbocycles. The quantitative estimate of drug-likeness (QED) is 0.645. The molecule has 0 saturated heterocycles. The Morgan fingerprint density at radius 2 is 2.04 bits per heavy atom. The van der Waals surface area contributed by atoms with E-state index in [1.807, 2.05) is 57.4 Å². The van der Waals surface area contributed by atoms with Gasteiger partial charge in [0, 0.05) is 37.6 Å². The summed E-state index contributed by atoms with van der Waals surface area (Å²) in [7, 11) is 1.88. The molecule has 0 saturated carbocycles. The fraction of sp³-hybridized carbons (Fsp3) is 0.250. The van der Waals surface area contributed by atoms with Crippen molar-refractivity contribution in [2.45, 2.75) is 26.4 Å². The number of hydrogen-bond acceptors (Lipinski definition) is 4. The molecule has 0 fully saturated rings. The molecule has 3 aromatic rings. The first-order chi connectivity index (χ1) is 12.0. The SMILES string of the molecule is CC(C)Oc1cc(-c2cnn(C)c2)ccc1C(=O)Cc1cccnc1. The van der Waals surface area contributed by atoms with E-state index in [9.17, 15) is 4.79 Å². The number of aromatic nitrogens is 3. The number of ketones is 1. The fourth-order valence-corrected chi connectivity index (χ4v) is 2.64. The number of carbonyl (C=O) groups is 1. The number of Topliss-reactive ketones (excluding diaryl/α,β-unsaturated/α-hetero) is 1. The number of aryl methyl sites for hydroxylation is 1. The molecular weight excluding hydrogens is 314 g/mol. The summed E-state index contributed by atoms with van der Waals surface area (Å²) in [6.45, 7) is 3.90. The van der Waals surface area contributed by atoms with Gasteiger partial charge in [-0.2, -0.15) is 5.10 Å². The molecule has 0 aliphatic carbocycles. The topological polar surface area (TPSA) is 57.0 Å². The number of pyridine rings is 1. The standard InChI is InChI=1S/C20H21N3O2/c1-14(2)25-20-10-16(17-12-22-23(3)13-17)6-7-18(20)19(24)9-15-5-4-8-21-11-15/h4-8,10-14H,9H2,1-3H3. The molecule has 0 amide bonds. The van der Waals surface area contributed by atoms with Gasteiger partial charge in [-0.25, -0.2) is 0 Å². The maximum Gasteiger partial charge on any atom is 0.171 e. The van der Waals surface area contributed by atoms with E-state index >= 15 is 0 Å². The number of benzene rings is 1. The zero-order valence-electron chi connectivity index (χ0n) is 14.6. The number of nitrogens with zero attached hydrogens (tertiary/aromatic N) is 3. The molecule has 0 spiro atoms. The van der Waals surface area contributed by atoms with Crippen LogP contribution in [0.2, 0.25) is 0 Å². The summed E-state index contributed by atoms with van der Waals surface area (Å²) in [4.78, 5) is 16.8. The lowest BCUT2D eigenvalue weighted by Gasteiger charge is -2.15. The van der Waals surface area contributed by atoms with Crippen LogP contribution in [0.25, 0.3) is 11.1 Å². The van der Waals surface area contributed by atoms with Gasteiger partial charge in [0.2, 0.25) is 0 Å². The predicted octanol–water partition coefficient (Wildman–Crippen LogP) is 3.69. The fourth-order valence-electron chi connectivity index (χ4n) is 2.64. The molecule has 0 aliphatic rings. The van der Waals surface area contributed by atoms with Crippen LogP contribution in [0.1, 0.15) is 29.8 Å². The maximum absolute atomic E-state index is 12.7. The van der Waals surface area contributed by atoms with Gasteiger partial charge in [-0.05, 0) is 43.2 Å². The molecule has 128 valence electrons. The highest BCUT2D eigenvalue weighted by Gasteiger charge is 2.16. The third kappa shape index (κ3) is 4.12. The minimum absolute atomic E-state index is 0.0152. The van der Waals surface area contributed by atoms with E-state index in [-0.39, 0.29) is 11.9 Å². The lowest BCUT2D eigenvalue weighted by Crippen LogP contribution is -2.11. The third-order valence-electron chi connectivity index (χ3n) is 3.77. The Hall–Kier alpha value is -2.95. The molecule has 0 atom stereocenters. The maximum atomic E-state index is 12.7. The monoisotopic (exact) mass is 335 g/mol. The van der Waals surface area contributed by atoms with Crippen LogP contribution in [0.4, 0.5) is 0 Å². The summed E-state index contributed by atoms with van der Waals surface area (Å²) in [5.74, 6) is 0.617. The lowest BCUT2D eigenvalue weighted by molar-refractivity contribution is 0.0987. The average molecular weight is 335 g/mol. The van der Waals surface area contributed by atoms with Crippen molar-refractivity contribution >= 4 is 5.78 Å². The largest absolute Gasteiger partial charge is 0.490 e. The molecule has 0 unspecified atom stereocenters. The highest BCUT2D eigenvalue weighted by atomic mass is 16.5. The Bertz CT molecular complexity index is 870. The van der Waals surface area contributed by atoms with Crippen LogP contribution < -0.4 is 4.74 Å². The number of carbonyl (C=O) groups excluding carboxylic acids is 1. The summed E-state index contributed by atoms with van der Waals surface area (Å²) in [6.07, 6.45) is 7.43. The van der Waals surface area contributed by atoms with Crippen LogP contribution in [-0.2, 0) is 13.5 Å². The lowest BCUT2D eigenvalue weighted by atomic mass is 10.00. The van der Waals surface area contributed by atoms with E-state index in [4.69, 9.17) is 4.74 Å². The van der Waals surface area contributed by atoms with Crippen molar-refractivity contribution in [3.63, 3.8) is 0 Å². The minimum Gasteiger partial charge on any atom is -0.490 e. The Balaban J connectivity index is 1.93. The molecule has 0 N–H and O–H groups in total. The summed E-state index contributed by atoms with van der Waals surface area (Å²) < 4.78 is 7.66. The molecule has 0 bridgehead atoms. The van der Waals surface area contributed by atoms with Crippen molar-refractivity contribution in [3.05, 3.63) is 66.2 Å². The first-order valence-corrected chi connectivity index (χ1v) is 8.25. The molecule has 2 aromatic heterocycles. The normalized spacial score (nSPS) is 10.9. The molecule has 2 heterocycles. The van der Waals surface area contributed by atoms with Crippen molar-refractivity contribution in [1.82, 2.24) is 14.8 Å². The number of rotatable bonds is 6. The van der Waals surface area contributed by atoms with Gasteiger partial charge in [-0.1, -0.05) is 12.1 Å². The van der Waals surface area contributed by atoms with Gasteiger partial charge in [-0.15, -0.1) is 0 Å². The Morgan fingerprint density at radius 1 is 1.20 bits per heavy atom. The van der Waals surface area contributed by atoms with Gasteiger partial charge in [-0.3, -0.25) is 14.5 Å². The van der Waals surface area contributed by atoms with Gasteiger partial charge in [0.25, 0.3) is 0 Å². The zero-order valence-corrected chi connectivity index (χ0v) is 14.6. The van der Waals surface area contributed by atoms with Crippen molar-refractivity contribution < 1.29 is 9.53 Å². The van der Waals surface area contributed by atoms with Crippen molar-refractivity contribution in [3.8, 4) is 16.9 Å². The predicted molar refractivity (Wildman–Crippen MR) is 96.7 cm³/mol.